The summed E-state index contributed by atoms with van der Waals surface area (Å²) in [5.41, 5.74) is 1.60. The second-order valence-electron chi connectivity index (χ2n) is 6.32. The van der Waals surface area contributed by atoms with Crippen LogP contribution in [0.3, 0.4) is 0 Å². The SMILES string of the molecule is CC1(C)CCCCC1NCc1cccc2c1OCO2. The third-order valence-electron chi connectivity index (χ3n) is 4.52. The smallest absolute Gasteiger partial charge is 0.231 e. The lowest BCUT2D eigenvalue weighted by atomic mass is 9.73. The Morgan fingerprint density at radius 3 is 3.00 bits per heavy atom. The van der Waals surface area contributed by atoms with E-state index in [1.807, 2.05) is 12.1 Å². The van der Waals surface area contributed by atoms with Gasteiger partial charge in [0.25, 0.3) is 0 Å². The molecule has 19 heavy (non-hydrogen) atoms. The van der Waals surface area contributed by atoms with Gasteiger partial charge >= 0.3 is 0 Å². The first kappa shape index (κ1) is 12.8. The Morgan fingerprint density at radius 1 is 1.26 bits per heavy atom. The Kier molecular flexibility index (Phi) is 3.40. The van der Waals surface area contributed by atoms with E-state index in [4.69, 9.17) is 9.47 Å². The van der Waals surface area contributed by atoms with Crippen molar-refractivity contribution < 1.29 is 9.47 Å². The van der Waals surface area contributed by atoms with Crippen LogP contribution in [0, 0.1) is 5.41 Å². The van der Waals surface area contributed by atoms with Crippen molar-refractivity contribution in [3.8, 4) is 11.5 Å². The Balaban J connectivity index is 1.68. The average molecular weight is 261 g/mol. The summed E-state index contributed by atoms with van der Waals surface area (Å²) in [6, 6.07) is 6.72. The van der Waals surface area contributed by atoms with E-state index in [0.29, 0.717) is 18.2 Å². The topological polar surface area (TPSA) is 30.5 Å². The van der Waals surface area contributed by atoms with Gasteiger partial charge < -0.3 is 14.8 Å². The Hall–Kier alpha value is -1.22. The van der Waals surface area contributed by atoms with Gasteiger partial charge in [0.05, 0.1) is 0 Å². The molecule has 3 rings (SSSR count). The van der Waals surface area contributed by atoms with Crippen LogP contribution in [0.2, 0.25) is 0 Å². The van der Waals surface area contributed by atoms with Crippen LogP contribution in [0.1, 0.15) is 45.1 Å². The molecule has 1 heterocycles. The molecule has 3 nitrogen and oxygen atoms in total. The lowest BCUT2D eigenvalue weighted by Gasteiger charge is -2.39. The van der Waals surface area contributed by atoms with Gasteiger partial charge in [-0.25, -0.2) is 0 Å². The van der Waals surface area contributed by atoms with E-state index in [0.717, 1.165) is 18.0 Å². The molecule has 0 spiro atoms. The Labute approximate surface area is 115 Å². The predicted octanol–water partition coefficient (Wildman–Crippen LogP) is 3.47. The maximum Gasteiger partial charge on any atom is 0.231 e. The van der Waals surface area contributed by atoms with Crippen molar-refractivity contribution in [3.05, 3.63) is 23.8 Å². The highest BCUT2D eigenvalue weighted by molar-refractivity contribution is 5.48. The highest BCUT2D eigenvalue weighted by Gasteiger charge is 2.31. The first-order valence-corrected chi connectivity index (χ1v) is 7.28. The minimum atomic E-state index is 0.348. The summed E-state index contributed by atoms with van der Waals surface area (Å²) >= 11 is 0. The highest BCUT2D eigenvalue weighted by atomic mass is 16.7. The highest BCUT2D eigenvalue weighted by Crippen LogP contribution is 2.37. The zero-order valence-electron chi connectivity index (χ0n) is 11.9. The van der Waals surface area contributed by atoms with E-state index in [1.54, 1.807) is 0 Å². The van der Waals surface area contributed by atoms with Gasteiger partial charge in [-0.05, 0) is 24.3 Å². The van der Waals surface area contributed by atoms with Gasteiger partial charge in [-0.3, -0.25) is 0 Å². The lowest BCUT2D eigenvalue weighted by Crippen LogP contribution is -2.43. The fourth-order valence-electron chi connectivity index (χ4n) is 3.24. The van der Waals surface area contributed by atoms with Crippen molar-refractivity contribution in [3.63, 3.8) is 0 Å². The molecule has 1 aliphatic carbocycles. The molecule has 1 atom stereocenters. The van der Waals surface area contributed by atoms with Crippen LogP contribution < -0.4 is 14.8 Å². The molecule has 0 bridgehead atoms. The number of hydrogen-bond donors (Lipinski definition) is 1. The van der Waals surface area contributed by atoms with Crippen molar-refractivity contribution in [2.75, 3.05) is 6.79 Å². The van der Waals surface area contributed by atoms with Gasteiger partial charge in [0.1, 0.15) is 0 Å². The van der Waals surface area contributed by atoms with Gasteiger partial charge in [-0.1, -0.05) is 38.8 Å². The van der Waals surface area contributed by atoms with Gasteiger partial charge in [0, 0.05) is 18.2 Å². The molecule has 1 N–H and O–H groups in total. The van der Waals surface area contributed by atoms with E-state index in [1.165, 1.54) is 31.2 Å². The quantitative estimate of drug-likeness (QED) is 0.903. The lowest BCUT2D eigenvalue weighted by molar-refractivity contribution is 0.163. The molecule has 1 aromatic carbocycles. The number of ether oxygens (including phenoxy) is 2. The number of nitrogens with one attached hydrogen (secondary N) is 1. The van der Waals surface area contributed by atoms with Gasteiger partial charge in [0.2, 0.25) is 6.79 Å². The maximum atomic E-state index is 5.56. The predicted molar refractivity (Wildman–Crippen MR) is 75.4 cm³/mol. The summed E-state index contributed by atoms with van der Waals surface area (Å²) in [6.07, 6.45) is 5.30. The second kappa shape index (κ2) is 5.04. The molecule has 1 unspecified atom stereocenters. The third-order valence-corrected chi connectivity index (χ3v) is 4.52. The van der Waals surface area contributed by atoms with Crippen molar-refractivity contribution >= 4 is 0 Å². The molecule has 1 aromatic rings. The molecule has 0 aromatic heterocycles. The minimum Gasteiger partial charge on any atom is -0.454 e. The molecule has 104 valence electrons. The fraction of sp³-hybridized carbons (Fsp3) is 0.625. The molecule has 0 saturated heterocycles. The number of hydrogen-bond acceptors (Lipinski definition) is 3. The molecule has 2 aliphatic rings. The summed E-state index contributed by atoms with van der Waals surface area (Å²) in [5, 5.41) is 3.72. The monoisotopic (exact) mass is 261 g/mol. The van der Waals surface area contributed by atoms with E-state index >= 15 is 0 Å². The molecule has 1 fully saturated rings. The van der Waals surface area contributed by atoms with Crippen LogP contribution >= 0.6 is 0 Å². The fourth-order valence-corrected chi connectivity index (χ4v) is 3.24. The summed E-state index contributed by atoms with van der Waals surface area (Å²) < 4.78 is 11.0. The van der Waals surface area contributed by atoms with Crippen LogP contribution in [0.5, 0.6) is 11.5 Å². The summed E-state index contributed by atoms with van der Waals surface area (Å²) in [6.45, 7) is 5.96. The zero-order valence-corrected chi connectivity index (χ0v) is 11.9. The van der Waals surface area contributed by atoms with Crippen LogP contribution in [0.25, 0.3) is 0 Å². The summed E-state index contributed by atoms with van der Waals surface area (Å²) in [7, 11) is 0. The van der Waals surface area contributed by atoms with Crippen LogP contribution in [-0.4, -0.2) is 12.8 Å². The van der Waals surface area contributed by atoms with Crippen molar-refractivity contribution in [2.24, 2.45) is 5.41 Å². The summed E-state index contributed by atoms with van der Waals surface area (Å²) in [4.78, 5) is 0. The number of para-hydroxylation sites is 1. The van der Waals surface area contributed by atoms with Crippen molar-refractivity contribution in [2.45, 2.75) is 52.1 Å². The zero-order chi connectivity index (χ0) is 13.3. The Bertz CT molecular complexity index is 456. The normalized spacial score (nSPS) is 24.4. The minimum absolute atomic E-state index is 0.348. The molecular weight excluding hydrogens is 238 g/mol. The van der Waals surface area contributed by atoms with Crippen LogP contribution in [-0.2, 0) is 6.54 Å². The Morgan fingerprint density at radius 2 is 2.16 bits per heavy atom. The first-order valence-electron chi connectivity index (χ1n) is 7.28. The average Bonchev–Trinajstić information content (AvgIpc) is 2.86. The molecule has 0 radical (unpaired) electrons. The van der Waals surface area contributed by atoms with Crippen molar-refractivity contribution in [1.29, 1.82) is 0 Å². The molecule has 3 heteroatoms. The number of fused-ring (bicyclic) bond motifs is 1. The summed E-state index contributed by atoms with van der Waals surface area (Å²) in [5.74, 6) is 1.80. The molecule has 1 aliphatic heterocycles. The largest absolute Gasteiger partial charge is 0.454 e. The molecule has 0 amide bonds. The van der Waals surface area contributed by atoms with E-state index < -0.39 is 0 Å². The number of benzene rings is 1. The van der Waals surface area contributed by atoms with Gasteiger partial charge in [-0.2, -0.15) is 0 Å². The van der Waals surface area contributed by atoms with E-state index in [9.17, 15) is 0 Å². The van der Waals surface area contributed by atoms with E-state index in [2.05, 4.69) is 25.2 Å². The third kappa shape index (κ3) is 2.57. The van der Waals surface area contributed by atoms with Gasteiger partial charge in [0.15, 0.2) is 11.5 Å². The maximum absolute atomic E-state index is 5.56. The van der Waals surface area contributed by atoms with E-state index in [-0.39, 0.29) is 0 Å². The van der Waals surface area contributed by atoms with Crippen LogP contribution in [0.4, 0.5) is 0 Å². The molecular formula is C16H23NO2. The van der Waals surface area contributed by atoms with Crippen LogP contribution in [0.15, 0.2) is 18.2 Å². The second-order valence-corrected chi connectivity index (χ2v) is 6.32. The first-order chi connectivity index (χ1) is 9.17. The molecule has 1 saturated carbocycles. The van der Waals surface area contributed by atoms with Gasteiger partial charge in [-0.15, -0.1) is 0 Å². The van der Waals surface area contributed by atoms with Crippen molar-refractivity contribution in [1.82, 2.24) is 5.32 Å². The number of rotatable bonds is 3. The standard InChI is InChI=1S/C16H23NO2/c1-16(2)9-4-3-8-14(16)17-10-12-6-5-7-13-15(12)19-11-18-13/h5-7,14,17H,3-4,8-11H2,1-2H3.